The molecule has 4 rings (SSSR count). The van der Waals surface area contributed by atoms with E-state index in [9.17, 15) is 9.59 Å². The van der Waals surface area contributed by atoms with E-state index in [0.29, 0.717) is 18.6 Å². The molecule has 1 aliphatic rings. The number of ether oxygens (including phenoxy) is 1. The third-order valence-electron chi connectivity index (χ3n) is 5.13. The topological polar surface area (TPSA) is 64.4 Å². The van der Waals surface area contributed by atoms with E-state index in [1.165, 1.54) is 0 Å². The molecule has 0 N–H and O–H groups in total. The number of hydrogen-bond acceptors (Lipinski definition) is 4. The summed E-state index contributed by atoms with van der Waals surface area (Å²) in [6.07, 6.45) is 8.43. The summed E-state index contributed by atoms with van der Waals surface area (Å²) in [4.78, 5) is 30.3. The summed E-state index contributed by atoms with van der Waals surface area (Å²) in [5.41, 5.74) is 2.35. The highest BCUT2D eigenvalue weighted by Crippen LogP contribution is 2.22. The van der Waals surface area contributed by atoms with Gasteiger partial charge in [0.2, 0.25) is 5.91 Å². The molecule has 2 heterocycles. The number of aryl methyl sites for hydroxylation is 1. The lowest BCUT2D eigenvalue weighted by molar-refractivity contribution is -0.117. The van der Waals surface area contributed by atoms with Crippen LogP contribution >= 0.6 is 0 Å². The summed E-state index contributed by atoms with van der Waals surface area (Å²) < 4.78 is 7.65. The molecule has 1 aliphatic heterocycles. The smallest absolute Gasteiger partial charge is 0.227 e. The molecule has 3 aromatic rings. The summed E-state index contributed by atoms with van der Waals surface area (Å²) in [7, 11) is 1.93. The van der Waals surface area contributed by atoms with Gasteiger partial charge >= 0.3 is 0 Å². The Morgan fingerprint density at radius 3 is 2.53 bits per heavy atom. The van der Waals surface area contributed by atoms with Gasteiger partial charge in [-0.1, -0.05) is 18.2 Å². The summed E-state index contributed by atoms with van der Waals surface area (Å²) in [6, 6.07) is 14.7. The SMILES string of the molecule is Cn1ccnc1COc1ccc(C=CC(=O)c2ccc(N3CCCC3=O)cc2)cc1. The second kappa shape index (κ2) is 8.78. The molecule has 2 aromatic carbocycles. The zero-order valence-corrected chi connectivity index (χ0v) is 16.8. The molecule has 152 valence electrons. The van der Waals surface area contributed by atoms with Crippen LogP contribution < -0.4 is 9.64 Å². The van der Waals surface area contributed by atoms with Crippen LogP contribution in [-0.2, 0) is 18.4 Å². The minimum absolute atomic E-state index is 0.0793. The number of amides is 1. The van der Waals surface area contributed by atoms with E-state index in [4.69, 9.17) is 4.74 Å². The van der Waals surface area contributed by atoms with Crippen molar-refractivity contribution in [1.29, 1.82) is 0 Å². The van der Waals surface area contributed by atoms with Gasteiger partial charge in [0.05, 0.1) is 0 Å². The van der Waals surface area contributed by atoms with Gasteiger partial charge < -0.3 is 14.2 Å². The van der Waals surface area contributed by atoms with Gasteiger partial charge in [0.1, 0.15) is 18.2 Å². The van der Waals surface area contributed by atoms with E-state index in [1.807, 2.05) is 54.2 Å². The van der Waals surface area contributed by atoms with Crippen molar-refractivity contribution in [3.63, 3.8) is 0 Å². The van der Waals surface area contributed by atoms with E-state index in [-0.39, 0.29) is 11.7 Å². The number of imidazole rings is 1. The molecule has 0 aliphatic carbocycles. The van der Waals surface area contributed by atoms with Gasteiger partial charge in [-0.15, -0.1) is 0 Å². The number of aromatic nitrogens is 2. The number of benzene rings is 2. The number of carbonyl (C=O) groups is 2. The van der Waals surface area contributed by atoms with Gasteiger partial charge in [-0.25, -0.2) is 4.98 Å². The predicted molar refractivity (Wildman–Crippen MR) is 115 cm³/mol. The molecule has 0 radical (unpaired) electrons. The van der Waals surface area contributed by atoms with Crippen molar-refractivity contribution in [2.45, 2.75) is 19.4 Å². The van der Waals surface area contributed by atoms with Gasteiger partial charge in [-0.05, 0) is 54.5 Å². The molecule has 0 unspecified atom stereocenters. The monoisotopic (exact) mass is 401 g/mol. The Balaban J connectivity index is 1.34. The Morgan fingerprint density at radius 1 is 1.13 bits per heavy atom. The van der Waals surface area contributed by atoms with Crippen LogP contribution in [0.1, 0.15) is 34.6 Å². The zero-order valence-electron chi connectivity index (χ0n) is 16.8. The van der Waals surface area contributed by atoms with Gasteiger partial charge in [0, 0.05) is 43.7 Å². The van der Waals surface area contributed by atoms with E-state index in [2.05, 4.69) is 4.98 Å². The maximum absolute atomic E-state index is 12.4. The van der Waals surface area contributed by atoms with Crippen LogP contribution in [0.2, 0.25) is 0 Å². The van der Waals surface area contributed by atoms with Crippen LogP contribution in [0.15, 0.2) is 67.0 Å². The lowest BCUT2D eigenvalue weighted by Gasteiger charge is -2.15. The minimum atomic E-state index is -0.0793. The zero-order chi connectivity index (χ0) is 20.9. The van der Waals surface area contributed by atoms with Crippen molar-refractivity contribution < 1.29 is 14.3 Å². The number of anilines is 1. The summed E-state index contributed by atoms with van der Waals surface area (Å²) in [5, 5.41) is 0. The van der Waals surface area contributed by atoms with Crippen LogP contribution in [0, 0.1) is 0 Å². The molecule has 0 bridgehead atoms. The molecule has 30 heavy (non-hydrogen) atoms. The van der Waals surface area contributed by atoms with Gasteiger partial charge in [0.25, 0.3) is 0 Å². The van der Waals surface area contributed by atoms with Crippen LogP contribution in [0.4, 0.5) is 5.69 Å². The van der Waals surface area contributed by atoms with Crippen LogP contribution in [0.3, 0.4) is 0 Å². The second-order valence-corrected chi connectivity index (χ2v) is 7.21. The average molecular weight is 401 g/mol. The first kappa shape index (κ1) is 19.6. The molecule has 0 spiro atoms. The highest BCUT2D eigenvalue weighted by atomic mass is 16.5. The molecule has 0 saturated carbocycles. The van der Waals surface area contributed by atoms with Crippen LogP contribution in [0.5, 0.6) is 5.75 Å². The molecular formula is C24H23N3O3. The maximum Gasteiger partial charge on any atom is 0.227 e. The van der Waals surface area contributed by atoms with Crippen molar-refractivity contribution in [2.75, 3.05) is 11.4 Å². The Labute approximate surface area is 175 Å². The number of hydrogen-bond donors (Lipinski definition) is 0. The first-order valence-corrected chi connectivity index (χ1v) is 9.92. The largest absolute Gasteiger partial charge is 0.486 e. The number of nitrogens with zero attached hydrogens (tertiary/aromatic N) is 3. The molecule has 0 atom stereocenters. The number of allylic oxidation sites excluding steroid dienone is 1. The lowest BCUT2D eigenvalue weighted by Crippen LogP contribution is -2.23. The first-order chi connectivity index (χ1) is 14.6. The lowest BCUT2D eigenvalue weighted by atomic mass is 10.1. The highest BCUT2D eigenvalue weighted by Gasteiger charge is 2.21. The van der Waals surface area contributed by atoms with Gasteiger partial charge in [0.15, 0.2) is 5.78 Å². The first-order valence-electron chi connectivity index (χ1n) is 9.92. The Morgan fingerprint density at radius 2 is 1.90 bits per heavy atom. The number of ketones is 1. The molecule has 1 aromatic heterocycles. The molecule has 6 heteroatoms. The fourth-order valence-corrected chi connectivity index (χ4v) is 3.35. The normalized spacial score (nSPS) is 13.9. The Hall–Kier alpha value is -3.67. The molecule has 1 amide bonds. The number of carbonyl (C=O) groups excluding carboxylic acids is 2. The second-order valence-electron chi connectivity index (χ2n) is 7.21. The third-order valence-corrected chi connectivity index (χ3v) is 5.13. The van der Waals surface area contributed by atoms with Crippen molar-refractivity contribution >= 4 is 23.5 Å². The fourth-order valence-electron chi connectivity index (χ4n) is 3.35. The van der Waals surface area contributed by atoms with Crippen molar-refractivity contribution in [3.8, 4) is 5.75 Å². The van der Waals surface area contributed by atoms with Crippen LogP contribution in [0.25, 0.3) is 6.08 Å². The van der Waals surface area contributed by atoms with Gasteiger partial charge in [-0.3, -0.25) is 9.59 Å². The molecule has 6 nitrogen and oxygen atoms in total. The average Bonchev–Trinajstić information content (AvgIpc) is 3.39. The van der Waals surface area contributed by atoms with E-state index < -0.39 is 0 Å². The third kappa shape index (κ3) is 4.49. The summed E-state index contributed by atoms with van der Waals surface area (Å²) in [6.45, 7) is 1.14. The Kier molecular flexibility index (Phi) is 5.75. The quantitative estimate of drug-likeness (QED) is 0.443. The van der Waals surface area contributed by atoms with Gasteiger partial charge in [-0.2, -0.15) is 0 Å². The van der Waals surface area contributed by atoms with Crippen molar-refractivity contribution in [2.24, 2.45) is 7.05 Å². The van der Waals surface area contributed by atoms with Crippen molar-refractivity contribution in [1.82, 2.24) is 9.55 Å². The van der Waals surface area contributed by atoms with E-state index in [0.717, 1.165) is 35.8 Å². The fraction of sp³-hybridized carbons (Fsp3) is 0.208. The highest BCUT2D eigenvalue weighted by molar-refractivity contribution is 6.07. The predicted octanol–water partition coefficient (Wildman–Crippen LogP) is 4.02. The standard InChI is InChI=1S/C24H23N3O3/c1-26-16-14-25-23(26)17-30-21-11-4-18(5-12-21)6-13-22(28)19-7-9-20(10-8-19)27-15-2-3-24(27)29/h4-14,16H,2-3,15,17H2,1H3. The van der Waals surface area contributed by atoms with Crippen LogP contribution in [-0.4, -0.2) is 27.8 Å². The van der Waals surface area contributed by atoms with Crippen molar-refractivity contribution in [3.05, 3.63) is 84.0 Å². The molecule has 1 fully saturated rings. The number of rotatable bonds is 7. The Bertz CT molecular complexity index is 1070. The minimum Gasteiger partial charge on any atom is -0.486 e. The van der Waals surface area contributed by atoms with E-state index >= 15 is 0 Å². The summed E-state index contributed by atoms with van der Waals surface area (Å²) >= 11 is 0. The summed E-state index contributed by atoms with van der Waals surface area (Å²) in [5.74, 6) is 1.66. The maximum atomic E-state index is 12.4. The molecule has 1 saturated heterocycles. The van der Waals surface area contributed by atoms with E-state index in [1.54, 1.807) is 35.4 Å². The molecular weight excluding hydrogens is 378 g/mol.